The van der Waals surface area contributed by atoms with Crippen LogP contribution >= 0.6 is 44.2 Å². The Morgan fingerprint density at radius 2 is 1.83 bits per heavy atom. The number of carbonyl (C=O) groups is 2. The van der Waals surface area contributed by atoms with Gasteiger partial charge in [0.25, 0.3) is 0 Å². The fourth-order valence-electron chi connectivity index (χ4n) is 0.783. The van der Waals surface area contributed by atoms with E-state index < -0.39 is 11.7 Å². The van der Waals surface area contributed by atoms with E-state index in [1.54, 1.807) is 44.2 Å². The summed E-state index contributed by atoms with van der Waals surface area (Å²) >= 11 is 1.60. The number of rotatable bonds is 7. The molecule has 0 unspecified atom stereocenters. The van der Waals surface area contributed by atoms with Crippen molar-refractivity contribution in [1.29, 1.82) is 0 Å². The second kappa shape index (κ2) is 10.0. The fraction of sp³-hybridized carbons (Fsp3) is 0.800. The van der Waals surface area contributed by atoms with Gasteiger partial charge in [-0.25, -0.2) is 9.59 Å². The topological polar surface area (TPSA) is 64.6 Å². The lowest BCUT2D eigenvalue weighted by Gasteiger charge is -2.19. The highest BCUT2D eigenvalue weighted by Crippen LogP contribution is 2.20. The number of hydrogen-bond donors (Lipinski definition) is 1. The van der Waals surface area contributed by atoms with E-state index in [4.69, 9.17) is 9.47 Å². The van der Waals surface area contributed by atoms with Crippen molar-refractivity contribution in [3.8, 4) is 0 Å². The Labute approximate surface area is 129 Å². The maximum atomic E-state index is 11.3. The monoisotopic (exact) mass is 407 g/mol. The summed E-state index contributed by atoms with van der Waals surface area (Å²) in [6, 6.07) is 0. The van der Waals surface area contributed by atoms with Crippen LogP contribution in [0.25, 0.3) is 0 Å². The number of carbonyl (C=O) groups excluding carboxylic acids is 2. The van der Waals surface area contributed by atoms with Gasteiger partial charge >= 0.3 is 10.1 Å². The van der Waals surface area contributed by atoms with Gasteiger partial charge in [0.1, 0.15) is 12.2 Å². The number of nitrogens with one attached hydrogen (secondary N) is 1. The summed E-state index contributed by atoms with van der Waals surface area (Å²) in [6.07, 6.45) is -0.396. The van der Waals surface area contributed by atoms with E-state index in [0.717, 1.165) is 11.5 Å². The lowest BCUT2D eigenvalue weighted by atomic mass is 10.2. The number of alkyl carbamates (subject to hydrolysis) is 1. The van der Waals surface area contributed by atoms with Crippen LogP contribution in [-0.2, 0) is 9.47 Å². The Morgan fingerprint density at radius 3 is 2.39 bits per heavy atom. The van der Waals surface area contributed by atoms with Gasteiger partial charge in [-0.1, -0.05) is 21.6 Å². The van der Waals surface area contributed by atoms with Crippen LogP contribution in [0, 0.1) is 0 Å². The summed E-state index contributed by atoms with van der Waals surface area (Å²) in [5, 5.41) is 2.67. The van der Waals surface area contributed by atoms with Crippen LogP contribution in [0.2, 0.25) is 0 Å². The van der Waals surface area contributed by atoms with Crippen LogP contribution in [0.4, 0.5) is 9.59 Å². The van der Waals surface area contributed by atoms with Gasteiger partial charge < -0.3 is 14.8 Å². The fourth-order valence-corrected chi connectivity index (χ4v) is 2.74. The minimum Gasteiger partial charge on any atom is -0.457 e. The number of amides is 1. The molecular weight excluding hydrogens is 389 g/mol. The second-order valence-electron chi connectivity index (χ2n) is 4.16. The van der Waals surface area contributed by atoms with Gasteiger partial charge in [-0.3, -0.25) is 0 Å². The second-order valence-corrected chi connectivity index (χ2v) is 7.74. The van der Waals surface area contributed by atoms with Crippen molar-refractivity contribution < 1.29 is 19.1 Å². The Kier molecular flexibility index (Phi) is 10.1. The Morgan fingerprint density at radius 1 is 1.22 bits per heavy atom. The van der Waals surface area contributed by atoms with Gasteiger partial charge in [0.2, 0.25) is 0 Å². The molecule has 0 saturated carbocycles. The predicted molar refractivity (Wildman–Crippen MR) is 84.5 cm³/mol. The first-order valence-corrected chi connectivity index (χ1v) is 8.91. The van der Waals surface area contributed by atoms with E-state index in [0.29, 0.717) is 13.2 Å². The van der Waals surface area contributed by atoms with E-state index in [-0.39, 0.29) is 3.98 Å². The lowest BCUT2D eigenvalue weighted by molar-refractivity contribution is 0.0531. The quantitative estimate of drug-likeness (QED) is 0.302. The summed E-state index contributed by atoms with van der Waals surface area (Å²) in [4.78, 5) is 21.7. The van der Waals surface area contributed by atoms with Gasteiger partial charge in [-0.05, 0) is 20.8 Å². The van der Waals surface area contributed by atoms with Crippen LogP contribution in [0.15, 0.2) is 0 Å². The van der Waals surface area contributed by atoms with Gasteiger partial charge in [0.15, 0.2) is 0 Å². The summed E-state index contributed by atoms with van der Waals surface area (Å²) in [5.74, 6) is 1.52. The van der Waals surface area contributed by atoms with Crippen LogP contribution in [-0.4, -0.2) is 40.3 Å². The third kappa shape index (κ3) is 14.2. The third-order valence-corrected chi connectivity index (χ3v) is 4.00. The minimum atomic E-state index is -0.463. The average molecular weight is 407 g/mol. The molecule has 0 atom stereocenters. The first kappa shape index (κ1) is 18.2. The van der Waals surface area contributed by atoms with Crippen LogP contribution in [0.3, 0.4) is 0 Å². The maximum absolute atomic E-state index is 11.3. The predicted octanol–water partition coefficient (Wildman–Crippen LogP) is 3.46. The van der Waals surface area contributed by atoms with Crippen molar-refractivity contribution in [2.75, 3.05) is 24.7 Å². The molecule has 0 radical (unpaired) electrons. The van der Waals surface area contributed by atoms with Crippen molar-refractivity contribution in [3.05, 3.63) is 0 Å². The Balaban J connectivity index is 3.30. The zero-order valence-corrected chi connectivity index (χ0v) is 14.4. The molecule has 0 aliphatic heterocycles. The van der Waals surface area contributed by atoms with E-state index in [1.807, 2.05) is 20.8 Å². The zero-order chi connectivity index (χ0) is 14.0. The lowest BCUT2D eigenvalue weighted by Crippen LogP contribution is -2.33. The molecule has 0 bridgehead atoms. The summed E-state index contributed by atoms with van der Waals surface area (Å²) < 4.78 is 9.56. The third-order valence-electron chi connectivity index (χ3n) is 1.32. The molecule has 0 fully saturated rings. The molecule has 0 aromatic rings. The minimum absolute atomic E-state index is 0.287. The van der Waals surface area contributed by atoms with Gasteiger partial charge in [-0.2, -0.15) is 0 Å². The molecule has 0 heterocycles. The Hall–Kier alpha value is 0.170. The van der Waals surface area contributed by atoms with Gasteiger partial charge in [0, 0.05) is 18.1 Å². The van der Waals surface area contributed by atoms with Crippen molar-refractivity contribution in [1.82, 2.24) is 5.32 Å². The molecule has 0 aromatic heterocycles. The SMILES string of the molecule is CC(C)(C)OC(=O)NCCSSCCOC(=O)I. The average Bonchev–Trinajstić information content (AvgIpc) is 2.18. The number of hydrogen-bond acceptors (Lipinski definition) is 6. The smallest absolute Gasteiger partial charge is 0.407 e. The standard InChI is InChI=1S/C10H18INO4S2/c1-10(2,3)16-9(14)12-4-6-17-18-7-5-15-8(11)13/h4-7H2,1-3H3,(H,12,14). The molecule has 0 aromatic carbocycles. The molecule has 0 spiro atoms. The molecule has 18 heavy (non-hydrogen) atoms. The molecule has 5 nitrogen and oxygen atoms in total. The van der Waals surface area contributed by atoms with E-state index in [1.165, 1.54) is 0 Å². The first-order valence-electron chi connectivity index (χ1n) is 5.35. The highest BCUT2D eigenvalue weighted by Gasteiger charge is 2.15. The molecule has 1 N–H and O–H groups in total. The highest BCUT2D eigenvalue weighted by atomic mass is 127. The van der Waals surface area contributed by atoms with Crippen molar-refractivity contribution in [2.45, 2.75) is 26.4 Å². The van der Waals surface area contributed by atoms with Crippen molar-refractivity contribution in [2.24, 2.45) is 0 Å². The molecule has 0 saturated heterocycles. The highest BCUT2D eigenvalue weighted by molar-refractivity contribution is 14.1. The largest absolute Gasteiger partial charge is 0.457 e. The van der Waals surface area contributed by atoms with Crippen molar-refractivity contribution >= 4 is 54.2 Å². The molecule has 106 valence electrons. The van der Waals surface area contributed by atoms with Crippen LogP contribution in [0.5, 0.6) is 0 Å². The molecule has 1 amide bonds. The zero-order valence-electron chi connectivity index (χ0n) is 10.7. The number of halogens is 1. The molecular formula is C10H18INO4S2. The van der Waals surface area contributed by atoms with E-state index in [2.05, 4.69) is 5.32 Å². The maximum Gasteiger partial charge on any atom is 0.407 e. The summed E-state index contributed by atoms with van der Waals surface area (Å²) in [5.41, 5.74) is -0.463. The van der Waals surface area contributed by atoms with E-state index >= 15 is 0 Å². The summed E-state index contributed by atoms with van der Waals surface area (Å²) in [7, 11) is 3.22. The number of ether oxygens (including phenoxy) is 2. The molecule has 0 aliphatic rings. The Bertz CT molecular complexity index is 271. The van der Waals surface area contributed by atoms with E-state index in [9.17, 15) is 9.59 Å². The van der Waals surface area contributed by atoms with Crippen molar-refractivity contribution in [3.63, 3.8) is 0 Å². The molecule has 0 rings (SSSR count). The normalized spacial score (nSPS) is 10.9. The molecule has 0 aliphatic carbocycles. The van der Waals surface area contributed by atoms with Crippen LogP contribution in [0.1, 0.15) is 20.8 Å². The summed E-state index contributed by atoms with van der Waals surface area (Å²) in [6.45, 7) is 6.44. The van der Waals surface area contributed by atoms with Crippen LogP contribution < -0.4 is 5.32 Å². The van der Waals surface area contributed by atoms with Gasteiger partial charge in [0.05, 0.1) is 22.6 Å². The first-order chi connectivity index (χ1) is 8.31. The molecule has 8 heteroatoms. The van der Waals surface area contributed by atoms with Gasteiger partial charge in [-0.15, -0.1) is 0 Å².